The molecule has 1 aliphatic heterocycles. The van der Waals surface area contributed by atoms with Crippen LogP contribution in [-0.2, 0) is 19.4 Å². The molecule has 0 unspecified atom stereocenters. The zero-order valence-electron chi connectivity index (χ0n) is 14.2. The van der Waals surface area contributed by atoms with Crippen LogP contribution in [0.1, 0.15) is 11.1 Å². The lowest BCUT2D eigenvalue weighted by Crippen LogP contribution is -2.47. The molecule has 0 amide bonds. The highest BCUT2D eigenvalue weighted by Gasteiger charge is 2.30. The molecule has 1 aliphatic rings. The summed E-state index contributed by atoms with van der Waals surface area (Å²) in [5.41, 5.74) is -0.458. The third-order valence-electron chi connectivity index (χ3n) is 4.40. The first kappa shape index (κ1) is 20.1. The number of halogens is 5. The first-order chi connectivity index (χ1) is 12.7. The minimum atomic E-state index is -4.34. The van der Waals surface area contributed by atoms with Gasteiger partial charge in [0.15, 0.2) is 0 Å². The van der Waals surface area contributed by atoms with Crippen LogP contribution in [0.2, 0.25) is 10.0 Å². The zero-order chi connectivity index (χ0) is 19.6. The normalized spacial score (nSPS) is 16.6. The monoisotopic (exact) mass is 420 g/mol. The van der Waals surface area contributed by atoms with Gasteiger partial charge in [-0.25, -0.2) is 4.68 Å². The predicted molar refractivity (Wildman–Crippen MR) is 96.8 cm³/mol. The van der Waals surface area contributed by atoms with Gasteiger partial charge in [0.2, 0.25) is 0 Å². The second kappa shape index (κ2) is 8.18. The smallest absolute Gasteiger partial charge is 0.297 e. The second-order valence-corrected chi connectivity index (χ2v) is 7.13. The molecule has 0 bridgehead atoms. The first-order valence-electron chi connectivity index (χ1n) is 8.26. The van der Waals surface area contributed by atoms with Gasteiger partial charge >= 0.3 is 6.18 Å². The topological polar surface area (TPSA) is 41.4 Å². The average Bonchev–Trinajstić information content (AvgIpc) is 2.63. The summed E-state index contributed by atoms with van der Waals surface area (Å²) in [6.45, 7) is 3.40. The van der Waals surface area contributed by atoms with Gasteiger partial charge in [-0.3, -0.25) is 14.6 Å². The van der Waals surface area contributed by atoms with Gasteiger partial charge in [-0.2, -0.15) is 18.3 Å². The Morgan fingerprint density at radius 1 is 1.07 bits per heavy atom. The van der Waals surface area contributed by atoms with Crippen LogP contribution in [-0.4, -0.2) is 45.8 Å². The maximum absolute atomic E-state index is 12.8. The van der Waals surface area contributed by atoms with Crippen molar-refractivity contribution in [2.75, 3.05) is 26.2 Å². The highest BCUT2D eigenvalue weighted by atomic mass is 35.5. The Balaban J connectivity index is 1.57. The maximum Gasteiger partial charge on any atom is 0.416 e. The first-order valence-corrected chi connectivity index (χ1v) is 9.01. The van der Waals surface area contributed by atoms with Crippen molar-refractivity contribution >= 4 is 23.2 Å². The van der Waals surface area contributed by atoms with Gasteiger partial charge in [0, 0.05) is 32.7 Å². The van der Waals surface area contributed by atoms with E-state index in [4.69, 9.17) is 23.2 Å². The highest BCUT2D eigenvalue weighted by Crippen LogP contribution is 2.29. The van der Waals surface area contributed by atoms with Crippen molar-refractivity contribution in [1.82, 2.24) is 19.6 Å². The Kier molecular flexibility index (Phi) is 6.10. The summed E-state index contributed by atoms with van der Waals surface area (Å²) in [6, 6.07) is 5.38. The molecule has 146 valence electrons. The fraction of sp³-hybridized carbons (Fsp3) is 0.412. The largest absolute Gasteiger partial charge is 0.416 e. The van der Waals surface area contributed by atoms with Crippen LogP contribution < -0.4 is 5.56 Å². The molecule has 0 spiro atoms. The van der Waals surface area contributed by atoms with Crippen LogP contribution >= 0.6 is 23.2 Å². The number of nitrogens with zero attached hydrogens (tertiary/aromatic N) is 4. The van der Waals surface area contributed by atoms with Crippen molar-refractivity contribution in [1.29, 1.82) is 0 Å². The minimum absolute atomic E-state index is 0.0603. The van der Waals surface area contributed by atoms with Crippen molar-refractivity contribution < 1.29 is 13.2 Å². The third-order valence-corrected chi connectivity index (χ3v) is 5.15. The van der Waals surface area contributed by atoms with Gasteiger partial charge in [0.05, 0.1) is 23.5 Å². The molecule has 1 aromatic carbocycles. The van der Waals surface area contributed by atoms with Crippen LogP contribution in [0, 0.1) is 0 Å². The number of aromatic nitrogens is 2. The SMILES string of the molecule is O=c1c(Cl)c(Cl)cnn1CN1CCN(Cc2cccc(C(F)(F)F)c2)CC1. The van der Waals surface area contributed by atoms with Gasteiger partial charge in [0.1, 0.15) is 5.02 Å². The van der Waals surface area contributed by atoms with Crippen molar-refractivity contribution in [3.05, 3.63) is 62.0 Å². The third kappa shape index (κ3) is 5.01. The summed E-state index contributed by atoms with van der Waals surface area (Å²) in [4.78, 5) is 16.1. The molecule has 5 nitrogen and oxygen atoms in total. The van der Waals surface area contributed by atoms with Gasteiger partial charge < -0.3 is 0 Å². The Bertz CT molecular complexity index is 864. The van der Waals surface area contributed by atoms with E-state index in [1.807, 2.05) is 4.90 Å². The van der Waals surface area contributed by atoms with Crippen LogP contribution in [0.15, 0.2) is 35.3 Å². The van der Waals surface area contributed by atoms with Gasteiger partial charge in [-0.1, -0.05) is 41.4 Å². The summed E-state index contributed by atoms with van der Waals surface area (Å²) in [5, 5.41) is 4.03. The fourth-order valence-electron chi connectivity index (χ4n) is 2.93. The molecule has 1 fully saturated rings. The van der Waals surface area contributed by atoms with E-state index in [-0.39, 0.29) is 16.7 Å². The number of hydrogen-bond donors (Lipinski definition) is 0. The van der Waals surface area contributed by atoms with Crippen molar-refractivity contribution in [3.8, 4) is 0 Å². The molecule has 2 heterocycles. The van der Waals surface area contributed by atoms with Crippen LogP contribution in [0.3, 0.4) is 0 Å². The lowest BCUT2D eigenvalue weighted by Gasteiger charge is -2.34. The van der Waals surface area contributed by atoms with E-state index in [1.165, 1.54) is 23.0 Å². The summed E-state index contributed by atoms with van der Waals surface area (Å²) in [5.74, 6) is 0. The molecule has 2 aromatic rings. The molecular formula is C17H17Cl2F3N4O. The predicted octanol–water partition coefficient (Wildman–Crippen LogP) is 3.34. The Morgan fingerprint density at radius 3 is 2.41 bits per heavy atom. The van der Waals surface area contributed by atoms with E-state index in [1.54, 1.807) is 6.07 Å². The minimum Gasteiger partial charge on any atom is -0.297 e. The summed E-state index contributed by atoms with van der Waals surface area (Å²) >= 11 is 11.6. The molecule has 1 saturated heterocycles. The summed E-state index contributed by atoms with van der Waals surface area (Å²) in [7, 11) is 0. The Labute approximate surface area is 163 Å². The highest BCUT2D eigenvalue weighted by molar-refractivity contribution is 6.41. The molecule has 27 heavy (non-hydrogen) atoms. The van der Waals surface area contributed by atoms with Gasteiger partial charge in [-0.15, -0.1) is 0 Å². The van der Waals surface area contributed by atoms with E-state index in [2.05, 4.69) is 10.00 Å². The molecule has 0 radical (unpaired) electrons. The summed E-state index contributed by atoms with van der Waals surface area (Å²) in [6.07, 6.45) is -3.01. The molecular weight excluding hydrogens is 404 g/mol. The van der Waals surface area contributed by atoms with Crippen LogP contribution in [0.5, 0.6) is 0 Å². The van der Waals surface area contributed by atoms with E-state index >= 15 is 0 Å². The van der Waals surface area contributed by atoms with Gasteiger partial charge in [0.25, 0.3) is 5.56 Å². The average molecular weight is 421 g/mol. The van der Waals surface area contributed by atoms with Crippen LogP contribution in [0.25, 0.3) is 0 Å². The molecule has 10 heteroatoms. The number of hydrogen-bond acceptors (Lipinski definition) is 4. The summed E-state index contributed by atoms with van der Waals surface area (Å²) < 4.78 is 39.7. The maximum atomic E-state index is 12.8. The van der Waals surface area contributed by atoms with Crippen molar-refractivity contribution in [2.45, 2.75) is 19.4 Å². The van der Waals surface area contributed by atoms with E-state index in [0.717, 1.165) is 6.07 Å². The van der Waals surface area contributed by atoms with Crippen LogP contribution in [0.4, 0.5) is 13.2 Å². The number of benzene rings is 1. The Morgan fingerprint density at radius 2 is 1.74 bits per heavy atom. The van der Waals surface area contributed by atoms with E-state index in [0.29, 0.717) is 38.3 Å². The quantitative estimate of drug-likeness (QED) is 0.760. The standard InChI is InChI=1S/C17H17Cl2F3N4O/c18-14-9-23-26(16(27)15(14)19)11-25-6-4-24(5-7-25)10-12-2-1-3-13(8-12)17(20,21)22/h1-3,8-9H,4-7,10-11H2. The van der Waals surface area contributed by atoms with E-state index < -0.39 is 17.3 Å². The number of piperazine rings is 1. The molecule has 3 rings (SSSR count). The fourth-order valence-corrected chi connectivity index (χ4v) is 3.20. The number of alkyl halides is 3. The second-order valence-electron chi connectivity index (χ2n) is 6.34. The molecule has 0 aliphatic carbocycles. The Hall–Kier alpha value is -1.61. The molecule has 0 atom stereocenters. The van der Waals surface area contributed by atoms with E-state index in [9.17, 15) is 18.0 Å². The lowest BCUT2D eigenvalue weighted by molar-refractivity contribution is -0.137. The van der Waals surface area contributed by atoms with Crippen molar-refractivity contribution in [2.24, 2.45) is 0 Å². The molecule has 0 saturated carbocycles. The zero-order valence-corrected chi connectivity index (χ0v) is 15.7. The molecule has 0 N–H and O–H groups in total. The van der Waals surface area contributed by atoms with Crippen molar-refractivity contribution in [3.63, 3.8) is 0 Å². The lowest BCUT2D eigenvalue weighted by atomic mass is 10.1. The van der Waals surface area contributed by atoms with Gasteiger partial charge in [-0.05, 0) is 11.6 Å². The molecule has 1 aromatic heterocycles. The number of rotatable bonds is 4.